The Bertz CT molecular complexity index is 546. The number of nitrogens with zero attached hydrogens (tertiary/aromatic N) is 1. The van der Waals surface area contributed by atoms with E-state index < -0.39 is 0 Å². The number of benzene rings is 1. The molecule has 106 valence electrons. The van der Waals surface area contributed by atoms with Gasteiger partial charge in [0, 0.05) is 29.9 Å². The third-order valence-corrected chi connectivity index (χ3v) is 4.03. The molecule has 2 nitrogen and oxygen atoms in total. The second-order valence-corrected chi connectivity index (χ2v) is 6.04. The lowest BCUT2D eigenvalue weighted by atomic mass is 10.1. The van der Waals surface area contributed by atoms with E-state index in [0.717, 1.165) is 29.4 Å². The highest BCUT2D eigenvalue weighted by molar-refractivity contribution is 7.97. The van der Waals surface area contributed by atoms with E-state index in [2.05, 4.69) is 55.3 Å². The van der Waals surface area contributed by atoms with Crippen molar-refractivity contribution in [2.24, 2.45) is 0 Å². The van der Waals surface area contributed by atoms with Gasteiger partial charge in [-0.25, -0.2) is 0 Å². The average molecular weight is 286 g/mol. The number of hydrogen-bond acceptors (Lipinski definition) is 3. The van der Waals surface area contributed by atoms with Gasteiger partial charge < -0.3 is 5.32 Å². The number of hydrogen-bond donors (Lipinski definition) is 1. The number of aryl methyl sites for hydroxylation is 2. The molecule has 0 unspecified atom stereocenters. The molecule has 20 heavy (non-hydrogen) atoms. The Morgan fingerprint density at radius 2 is 1.80 bits per heavy atom. The summed E-state index contributed by atoms with van der Waals surface area (Å²) in [6, 6.07) is 10.9. The summed E-state index contributed by atoms with van der Waals surface area (Å²) < 4.78 is 0. The molecule has 0 saturated heterocycles. The minimum absolute atomic E-state index is 0.944. The molecule has 0 aliphatic carbocycles. The van der Waals surface area contributed by atoms with Gasteiger partial charge in [0.1, 0.15) is 0 Å². The van der Waals surface area contributed by atoms with Crippen LogP contribution in [0, 0.1) is 13.8 Å². The molecular formula is C17H22N2S. The van der Waals surface area contributed by atoms with Crippen molar-refractivity contribution in [1.82, 2.24) is 4.98 Å². The third kappa shape index (κ3) is 4.57. The van der Waals surface area contributed by atoms with Crippen molar-refractivity contribution in [3.05, 3.63) is 58.9 Å². The van der Waals surface area contributed by atoms with Crippen LogP contribution in [0.1, 0.15) is 29.3 Å². The average Bonchev–Trinajstić information content (AvgIpc) is 2.38. The SMILES string of the molecule is CCNc1ccnc(CSCc2cc(C)cc(C)c2)c1. The summed E-state index contributed by atoms with van der Waals surface area (Å²) >= 11 is 1.91. The highest BCUT2D eigenvalue weighted by atomic mass is 32.2. The molecule has 3 heteroatoms. The topological polar surface area (TPSA) is 24.9 Å². The summed E-state index contributed by atoms with van der Waals surface area (Å²) in [4.78, 5) is 4.43. The maximum absolute atomic E-state index is 4.43. The zero-order chi connectivity index (χ0) is 14.4. The van der Waals surface area contributed by atoms with Crippen LogP contribution < -0.4 is 5.32 Å². The second kappa shape index (κ2) is 7.34. The largest absolute Gasteiger partial charge is 0.385 e. The zero-order valence-corrected chi connectivity index (χ0v) is 13.3. The monoisotopic (exact) mass is 286 g/mol. The van der Waals surface area contributed by atoms with Gasteiger partial charge in [-0.05, 0) is 38.5 Å². The minimum atomic E-state index is 0.944. The Morgan fingerprint density at radius 3 is 2.50 bits per heavy atom. The number of pyridine rings is 1. The van der Waals surface area contributed by atoms with Crippen molar-refractivity contribution < 1.29 is 0 Å². The van der Waals surface area contributed by atoms with Crippen molar-refractivity contribution in [3.8, 4) is 0 Å². The minimum Gasteiger partial charge on any atom is -0.385 e. The van der Waals surface area contributed by atoms with Gasteiger partial charge >= 0.3 is 0 Å². The molecule has 0 radical (unpaired) electrons. The van der Waals surface area contributed by atoms with Gasteiger partial charge in [-0.1, -0.05) is 29.3 Å². The van der Waals surface area contributed by atoms with Gasteiger partial charge in [-0.15, -0.1) is 0 Å². The van der Waals surface area contributed by atoms with E-state index in [0.29, 0.717) is 0 Å². The van der Waals surface area contributed by atoms with E-state index in [1.165, 1.54) is 16.7 Å². The van der Waals surface area contributed by atoms with E-state index >= 15 is 0 Å². The van der Waals surface area contributed by atoms with E-state index in [1.54, 1.807) is 0 Å². The number of aromatic nitrogens is 1. The first kappa shape index (κ1) is 14.9. The van der Waals surface area contributed by atoms with Crippen molar-refractivity contribution in [2.45, 2.75) is 32.3 Å². The fourth-order valence-electron chi connectivity index (χ4n) is 2.30. The Balaban J connectivity index is 1.90. The number of rotatable bonds is 6. The summed E-state index contributed by atoms with van der Waals surface area (Å²) in [5.41, 5.74) is 6.37. The van der Waals surface area contributed by atoms with Crippen LogP contribution in [0.2, 0.25) is 0 Å². The Kier molecular flexibility index (Phi) is 5.48. The van der Waals surface area contributed by atoms with E-state index in [4.69, 9.17) is 0 Å². The molecule has 0 amide bonds. The first-order valence-electron chi connectivity index (χ1n) is 7.01. The summed E-state index contributed by atoms with van der Waals surface area (Å²) in [5.74, 6) is 1.99. The summed E-state index contributed by atoms with van der Waals surface area (Å²) in [6.07, 6.45) is 1.88. The lowest BCUT2D eigenvalue weighted by Gasteiger charge is -2.07. The molecule has 0 aliphatic heterocycles. The van der Waals surface area contributed by atoms with Gasteiger partial charge in [0.2, 0.25) is 0 Å². The molecule has 2 rings (SSSR count). The quantitative estimate of drug-likeness (QED) is 0.842. The molecule has 0 atom stereocenters. The van der Waals surface area contributed by atoms with Crippen LogP contribution in [0.3, 0.4) is 0 Å². The van der Waals surface area contributed by atoms with Gasteiger partial charge in [0.05, 0.1) is 5.69 Å². The molecule has 1 aromatic heterocycles. The lowest BCUT2D eigenvalue weighted by molar-refractivity contribution is 1.15. The van der Waals surface area contributed by atoms with Crippen molar-refractivity contribution in [2.75, 3.05) is 11.9 Å². The normalized spacial score (nSPS) is 10.6. The number of nitrogens with one attached hydrogen (secondary N) is 1. The van der Waals surface area contributed by atoms with Crippen LogP contribution in [0.4, 0.5) is 5.69 Å². The highest BCUT2D eigenvalue weighted by Gasteiger charge is 2.00. The lowest BCUT2D eigenvalue weighted by Crippen LogP contribution is -1.98. The molecule has 0 saturated carbocycles. The molecule has 1 aromatic carbocycles. The predicted molar refractivity (Wildman–Crippen MR) is 89.3 cm³/mol. The summed E-state index contributed by atoms with van der Waals surface area (Å²) in [6.45, 7) is 7.36. The maximum atomic E-state index is 4.43. The molecule has 0 spiro atoms. The first-order chi connectivity index (χ1) is 9.67. The number of thioether (sulfide) groups is 1. The van der Waals surface area contributed by atoms with Crippen LogP contribution in [0.25, 0.3) is 0 Å². The Morgan fingerprint density at radius 1 is 1.05 bits per heavy atom. The molecule has 1 N–H and O–H groups in total. The Hall–Kier alpha value is -1.48. The number of anilines is 1. The second-order valence-electron chi connectivity index (χ2n) is 5.05. The smallest absolute Gasteiger partial charge is 0.0523 e. The standard InChI is InChI=1S/C17H22N2S/c1-4-18-16-5-6-19-17(10-16)12-20-11-15-8-13(2)7-14(3)9-15/h5-10H,4,11-12H2,1-3H3,(H,18,19). The van der Waals surface area contributed by atoms with Crippen LogP contribution in [-0.2, 0) is 11.5 Å². The van der Waals surface area contributed by atoms with Crippen LogP contribution in [0.5, 0.6) is 0 Å². The summed E-state index contributed by atoms with van der Waals surface area (Å²) in [7, 11) is 0. The Labute approximate surface area is 126 Å². The predicted octanol–water partition coefficient (Wildman–Crippen LogP) is 4.56. The van der Waals surface area contributed by atoms with E-state index in [9.17, 15) is 0 Å². The van der Waals surface area contributed by atoms with Gasteiger partial charge in [0.25, 0.3) is 0 Å². The molecule has 0 aliphatic rings. The maximum Gasteiger partial charge on any atom is 0.0523 e. The molecular weight excluding hydrogens is 264 g/mol. The first-order valence-corrected chi connectivity index (χ1v) is 8.16. The highest BCUT2D eigenvalue weighted by Crippen LogP contribution is 2.20. The van der Waals surface area contributed by atoms with Gasteiger partial charge in [-0.3, -0.25) is 4.98 Å². The van der Waals surface area contributed by atoms with E-state index in [-0.39, 0.29) is 0 Å². The van der Waals surface area contributed by atoms with Crippen LogP contribution >= 0.6 is 11.8 Å². The van der Waals surface area contributed by atoms with Gasteiger partial charge in [-0.2, -0.15) is 11.8 Å². The van der Waals surface area contributed by atoms with E-state index in [1.807, 2.05) is 24.0 Å². The van der Waals surface area contributed by atoms with Crippen molar-refractivity contribution in [1.29, 1.82) is 0 Å². The summed E-state index contributed by atoms with van der Waals surface area (Å²) in [5, 5.41) is 3.32. The van der Waals surface area contributed by atoms with Crippen LogP contribution in [-0.4, -0.2) is 11.5 Å². The third-order valence-electron chi connectivity index (χ3n) is 3.00. The fraction of sp³-hybridized carbons (Fsp3) is 0.353. The fourth-order valence-corrected chi connectivity index (χ4v) is 3.17. The molecule has 0 fully saturated rings. The molecule has 0 bridgehead atoms. The van der Waals surface area contributed by atoms with Crippen molar-refractivity contribution >= 4 is 17.4 Å². The van der Waals surface area contributed by atoms with Gasteiger partial charge in [0.15, 0.2) is 0 Å². The molecule has 1 heterocycles. The molecule has 2 aromatic rings. The zero-order valence-electron chi connectivity index (χ0n) is 12.4. The van der Waals surface area contributed by atoms with Crippen LogP contribution in [0.15, 0.2) is 36.5 Å². The van der Waals surface area contributed by atoms with Crippen molar-refractivity contribution in [3.63, 3.8) is 0 Å².